The Kier molecular flexibility index (Phi) is 6.44. The van der Waals surface area contributed by atoms with Gasteiger partial charge in [-0.05, 0) is 17.2 Å². The second-order valence-corrected chi connectivity index (χ2v) is 2.39. The van der Waals surface area contributed by atoms with Crippen LogP contribution in [-0.4, -0.2) is 5.97 Å². The van der Waals surface area contributed by atoms with Gasteiger partial charge in [-0.15, -0.1) is 11.6 Å². The number of carboxylic acid groups (broad SMARTS) is 1. The zero-order valence-electron chi connectivity index (χ0n) is 6.71. The average Bonchev–Trinajstić information content (AvgIpc) is 2.05. The number of carboxylic acids is 1. The minimum absolute atomic E-state index is 0. The normalized spacial score (nSPS) is 8.75. The number of carbonyl (C=O) groups excluding carboxylic acids is 1. The SMILES string of the molecule is O=C([O-])c1cccc(CCl)c1.[K+]. The van der Waals surface area contributed by atoms with Crippen LogP contribution < -0.4 is 56.5 Å². The van der Waals surface area contributed by atoms with Gasteiger partial charge in [-0.1, -0.05) is 18.2 Å². The van der Waals surface area contributed by atoms with E-state index in [-0.39, 0.29) is 56.9 Å². The maximum atomic E-state index is 10.3. The van der Waals surface area contributed by atoms with E-state index in [2.05, 4.69) is 0 Å². The quantitative estimate of drug-likeness (QED) is 0.409. The number of halogens is 1. The van der Waals surface area contributed by atoms with Crippen molar-refractivity contribution in [3.05, 3.63) is 35.4 Å². The number of carbonyl (C=O) groups is 1. The molecule has 0 fully saturated rings. The Labute approximate surface area is 118 Å². The number of rotatable bonds is 2. The number of benzene rings is 1. The van der Waals surface area contributed by atoms with Crippen molar-refractivity contribution in [2.45, 2.75) is 5.88 Å². The van der Waals surface area contributed by atoms with E-state index < -0.39 is 5.97 Å². The average molecular weight is 209 g/mol. The standard InChI is InChI=1S/C8H7ClO2.K/c9-5-6-2-1-3-7(4-6)8(10)11;/h1-4H,5H2,(H,10,11);/q;+1/p-1. The molecule has 0 atom stereocenters. The van der Waals surface area contributed by atoms with Gasteiger partial charge < -0.3 is 9.90 Å². The Hall–Kier alpha value is 0.616. The van der Waals surface area contributed by atoms with Gasteiger partial charge in [0.2, 0.25) is 0 Å². The van der Waals surface area contributed by atoms with Crippen LogP contribution in [0.2, 0.25) is 0 Å². The number of hydrogen-bond donors (Lipinski definition) is 0. The summed E-state index contributed by atoms with van der Waals surface area (Å²) in [6, 6.07) is 6.38. The molecule has 12 heavy (non-hydrogen) atoms. The van der Waals surface area contributed by atoms with Crippen LogP contribution in [0.5, 0.6) is 0 Å². The molecule has 0 spiro atoms. The molecule has 1 aromatic carbocycles. The van der Waals surface area contributed by atoms with Crippen LogP contribution in [-0.2, 0) is 5.88 Å². The van der Waals surface area contributed by atoms with Crippen molar-refractivity contribution in [3.63, 3.8) is 0 Å². The van der Waals surface area contributed by atoms with Crippen LogP contribution >= 0.6 is 11.6 Å². The first-order valence-corrected chi connectivity index (χ1v) is 3.63. The predicted octanol–water partition coefficient (Wildman–Crippen LogP) is -2.21. The number of aromatic carboxylic acids is 1. The second kappa shape index (κ2) is 6.13. The van der Waals surface area contributed by atoms with Crippen LogP contribution in [0.25, 0.3) is 0 Å². The molecule has 0 heterocycles. The maximum absolute atomic E-state index is 10.3. The third kappa shape index (κ3) is 3.56. The Balaban J connectivity index is 0.00000121. The molecule has 0 aliphatic rings. The molecule has 4 heteroatoms. The van der Waals surface area contributed by atoms with Gasteiger partial charge >= 0.3 is 51.4 Å². The molecule has 0 unspecified atom stereocenters. The fraction of sp³-hybridized carbons (Fsp3) is 0.125. The van der Waals surface area contributed by atoms with Gasteiger partial charge in [0.25, 0.3) is 0 Å². The molecule has 58 valence electrons. The molecule has 0 aliphatic heterocycles. The molecule has 0 saturated carbocycles. The summed E-state index contributed by atoms with van der Waals surface area (Å²) in [5.41, 5.74) is 0.955. The Morgan fingerprint density at radius 2 is 2.17 bits per heavy atom. The van der Waals surface area contributed by atoms with Crippen molar-refractivity contribution >= 4 is 17.6 Å². The van der Waals surface area contributed by atoms with E-state index in [1.165, 1.54) is 12.1 Å². The van der Waals surface area contributed by atoms with Gasteiger partial charge in [0.1, 0.15) is 0 Å². The largest absolute Gasteiger partial charge is 1.00 e. The van der Waals surface area contributed by atoms with E-state index in [0.29, 0.717) is 5.88 Å². The van der Waals surface area contributed by atoms with Gasteiger partial charge in [-0.3, -0.25) is 0 Å². The monoisotopic (exact) mass is 208 g/mol. The van der Waals surface area contributed by atoms with Crippen molar-refractivity contribution < 1.29 is 61.3 Å². The minimum Gasteiger partial charge on any atom is -0.545 e. The fourth-order valence-corrected chi connectivity index (χ4v) is 0.948. The van der Waals surface area contributed by atoms with Gasteiger partial charge in [-0.2, -0.15) is 0 Å². The third-order valence-corrected chi connectivity index (χ3v) is 1.63. The first-order chi connectivity index (χ1) is 5.24. The molecule has 1 rings (SSSR count). The molecule has 0 saturated heterocycles. The molecular formula is C8H6ClKO2. The molecular weight excluding hydrogens is 203 g/mol. The number of hydrogen-bond acceptors (Lipinski definition) is 2. The smallest absolute Gasteiger partial charge is 0.545 e. The molecule has 0 amide bonds. The first-order valence-electron chi connectivity index (χ1n) is 3.10. The van der Waals surface area contributed by atoms with E-state index in [0.717, 1.165) is 5.56 Å². The van der Waals surface area contributed by atoms with E-state index in [1.807, 2.05) is 0 Å². The van der Waals surface area contributed by atoms with Crippen molar-refractivity contribution in [3.8, 4) is 0 Å². The Morgan fingerprint density at radius 3 is 2.67 bits per heavy atom. The maximum Gasteiger partial charge on any atom is 1.00 e. The summed E-state index contributed by atoms with van der Waals surface area (Å²) in [7, 11) is 0. The van der Waals surface area contributed by atoms with Crippen LogP contribution in [0, 0.1) is 0 Å². The van der Waals surface area contributed by atoms with Crippen LogP contribution in [0.1, 0.15) is 15.9 Å². The minimum atomic E-state index is -1.17. The third-order valence-electron chi connectivity index (χ3n) is 1.32. The van der Waals surface area contributed by atoms with Gasteiger partial charge in [-0.25, -0.2) is 0 Å². The first kappa shape index (κ1) is 12.6. The molecule has 0 N–H and O–H groups in total. The summed E-state index contributed by atoms with van der Waals surface area (Å²) < 4.78 is 0. The van der Waals surface area contributed by atoms with E-state index >= 15 is 0 Å². The van der Waals surface area contributed by atoms with Crippen LogP contribution in [0.3, 0.4) is 0 Å². The van der Waals surface area contributed by atoms with Gasteiger partial charge in [0.05, 0.1) is 5.97 Å². The fourth-order valence-electron chi connectivity index (χ4n) is 0.781. The topological polar surface area (TPSA) is 40.1 Å². The predicted molar refractivity (Wildman–Crippen MR) is 40.3 cm³/mol. The summed E-state index contributed by atoms with van der Waals surface area (Å²) in [5, 5.41) is 10.3. The Morgan fingerprint density at radius 1 is 1.50 bits per heavy atom. The van der Waals surface area contributed by atoms with Crippen LogP contribution in [0.4, 0.5) is 0 Å². The molecule has 0 aliphatic carbocycles. The zero-order valence-corrected chi connectivity index (χ0v) is 10.6. The zero-order chi connectivity index (χ0) is 8.27. The molecule has 2 nitrogen and oxygen atoms in total. The van der Waals surface area contributed by atoms with Crippen molar-refractivity contribution in [1.82, 2.24) is 0 Å². The summed E-state index contributed by atoms with van der Waals surface area (Å²) in [6.07, 6.45) is 0. The molecule has 0 bridgehead atoms. The summed E-state index contributed by atoms with van der Waals surface area (Å²) in [4.78, 5) is 10.3. The molecule has 1 aromatic rings. The van der Waals surface area contributed by atoms with Crippen molar-refractivity contribution in [2.24, 2.45) is 0 Å². The van der Waals surface area contributed by atoms with E-state index in [1.54, 1.807) is 12.1 Å². The molecule has 0 radical (unpaired) electrons. The van der Waals surface area contributed by atoms with E-state index in [9.17, 15) is 9.90 Å². The van der Waals surface area contributed by atoms with Crippen molar-refractivity contribution in [1.29, 1.82) is 0 Å². The molecule has 0 aromatic heterocycles. The summed E-state index contributed by atoms with van der Waals surface area (Å²) >= 11 is 5.49. The summed E-state index contributed by atoms with van der Waals surface area (Å²) in [5.74, 6) is -0.849. The van der Waals surface area contributed by atoms with E-state index in [4.69, 9.17) is 11.6 Å². The van der Waals surface area contributed by atoms with Gasteiger partial charge in [0, 0.05) is 5.88 Å². The number of alkyl halides is 1. The second-order valence-electron chi connectivity index (χ2n) is 2.12. The van der Waals surface area contributed by atoms with Crippen LogP contribution in [0.15, 0.2) is 24.3 Å². The Bertz CT molecular complexity index is 276. The summed E-state index contributed by atoms with van der Waals surface area (Å²) in [6.45, 7) is 0. The van der Waals surface area contributed by atoms with Gasteiger partial charge in [0.15, 0.2) is 0 Å². The van der Waals surface area contributed by atoms with Crippen molar-refractivity contribution in [2.75, 3.05) is 0 Å².